The molecule has 6 aromatic heterocycles. The number of pyridine rings is 3. The van der Waals surface area contributed by atoms with Crippen LogP contribution in [0.4, 0.5) is 5.69 Å². The molecular weight excluding hydrogens is 430 g/mol. The molecular formula is C25H19N7O2. The number of furan rings is 1. The third kappa shape index (κ3) is 3.39. The molecule has 0 aromatic carbocycles. The van der Waals surface area contributed by atoms with E-state index < -0.39 is 0 Å². The molecule has 166 valence electrons. The first kappa shape index (κ1) is 19.9. The Kier molecular flexibility index (Phi) is 4.65. The normalized spacial score (nSPS) is 11.3. The topological polar surface area (TPSA) is 125 Å². The van der Waals surface area contributed by atoms with Crippen molar-refractivity contribution in [2.45, 2.75) is 13.3 Å². The van der Waals surface area contributed by atoms with Gasteiger partial charge in [0, 0.05) is 46.3 Å². The van der Waals surface area contributed by atoms with E-state index in [1.807, 2.05) is 24.4 Å². The summed E-state index contributed by atoms with van der Waals surface area (Å²) in [5.41, 5.74) is 7.45. The van der Waals surface area contributed by atoms with Crippen LogP contribution in [-0.4, -0.2) is 36.0 Å². The number of H-pyrrole nitrogens is 2. The largest absolute Gasteiger partial charge is 0.472 e. The van der Waals surface area contributed by atoms with Gasteiger partial charge in [0.05, 0.1) is 59.2 Å². The predicted octanol–water partition coefficient (Wildman–Crippen LogP) is 5.17. The Bertz CT molecular complexity index is 1650. The molecule has 34 heavy (non-hydrogen) atoms. The van der Waals surface area contributed by atoms with Crippen LogP contribution in [0.3, 0.4) is 0 Å². The van der Waals surface area contributed by atoms with Crippen LogP contribution in [0.5, 0.6) is 0 Å². The number of aromatic amines is 2. The molecule has 9 nitrogen and oxygen atoms in total. The number of hydrogen-bond acceptors (Lipinski definition) is 6. The van der Waals surface area contributed by atoms with Gasteiger partial charge in [-0.25, -0.2) is 0 Å². The lowest BCUT2D eigenvalue weighted by Crippen LogP contribution is -2.09. The Morgan fingerprint density at radius 3 is 2.76 bits per heavy atom. The second-order valence-electron chi connectivity index (χ2n) is 7.89. The van der Waals surface area contributed by atoms with Crippen molar-refractivity contribution in [2.75, 3.05) is 5.32 Å². The van der Waals surface area contributed by atoms with Crippen LogP contribution in [0.15, 0.2) is 72.2 Å². The van der Waals surface area contributed by atoms with Crippen LogP contribution >= 0.6 is 0 Å². The Hall–Kier alpha value is -4.79. The maximum atomic E-state index is 11.8. The number of anilines is 1. The monoisotopic (exact) mass is 449 g/mol. The smallest absolute Gasteiger partial charge is 0.224 e. The predicted molar refractivity (Wildman–Crippen MR) is 129 cm³/mol. The van der Waals surface area contributed by atoms with Crippen LogP contribution < -0.4 is 5.32 Å². The number of fused-ring (bicyclic) bond motifs is 2. The molecule has 0 radical (unpaired) electrons. The summed E-state index contributed by atoms with van der Waals surface area (Å²) in [6.45, 7) is 1.81. The standard InChI is InChI=1S/C25H19N7O2/c1-2-24(33)29-16-5-15(8-26-9-16)20-7-18-23(12-28-20)31-32-25(18)21-6-17-19(14-3-4-34-13-14)10-27-11-22(17)30-21/h3-13,30H,2H2,1H3,(H,29,33)(H,31,32). The molecule has 0 aliphatic carbocycles. The molecule has 0 atom stereocenters. The van der Waals surface area contributed by atoms with Crippen molar-refractivity contribution in [3.63, 3.8) is 0 Å². The maximum Gasteiger partial charge on any atom is 0.224 e. The van der Waals surface area contributed by atoms with Crippen LogP contribution in [-0.2, 0) is 4.79 Å². The van der Waals surface area contributed by atoms with Gasteiger partial charge in [-0.3, -0.25) is 24.8 Å². The van der Waals surface area contributed by atoms with E-state index in [0.717, 1.165) is 55.6 Å². The molecule has 0 unspecified atom stereocenters. The Balaban J connectivity index is 1.43. The van der Waals surface area contributed by atoms with Gasteiger partial charge in [-0.05, 0) is 24.3 Å². The zero-order valence-electron chi connectivity index (χ0n) is 18.2. The number of aromatic nitrogens is 6. The maximum absolute atomic E-state index is 11.8. The minimum absolute atomic E-state index is 0.0671. The Labute approximate surface area is 193 Å². The van der Waals surface area contributed by atoms with Crippen molar-refractivity contribution in [3.8, 4) is 33.8 Å². The van der Waals surface area contributed by atoms with Crippen molar-refractivity contribution >= 4 is 33.4 Å². The summed E-state index contributed by atoms with van der Waals surface area (Å²) in [6, 6.07) is 7.81. The summed E-state index contributed by atoms with van der Waals surface area (Å²) in [6.07, 6.45) is 12.5. The van der Waals surface area contributed by atoms with E-state index in [1.54, 1.807) is 44.2 Å². The van der Waals surface area contributed by atoms with Gasteiger partial charge in [-0.1, -0.05) is 6.92 Å². The van der Waals surface area contributed by atoms with Crippen LogP contribution in [0.25, 0.3) is 55.6 Å². The second-order valence-corrected chi connectivity index (χ2v) is 7.89. The van der Waals surface area contributed by atoms with Crippen molar-refractivity contribution in [1.82, 2.24) is 30.1 Å². The van der Waals surface area contributed by atoms with Gasteiger partial charge in [-0.15, -0.1) is 0 Å². The summed E-state index contributed by atoms with van der Waals surface area (Å²) < 4.78 is 5.26. The van der Waals surface area contributed by atoms with E-state index in [1.165, 1.54) is 0 Å². The molecule has 0 aliphatic rings. The second kappa shape index (κ2) is 7.96. The SMILES string of the molecule is CCC(=O)Nc1cncc(-c2cc3c(-c4cc5c(-c6ccoc6)cncc5[nH]4)n[nH]c3cn2)c1. The van der Waals surface area contributed by atoms with Gasteiger partial charge < -0.3 is 14.7 Å². The lowest BCUT2D eigenvalue weighted by Gasteiger charge is -2.06. The van der Waals surface area contributed by atoms with Crippen LogP contribution in [0.1, 0.15) is 13.3 Å². The zero-order chi connectivity index (χ0) is 23.1. The fourth-order valence-electron chi connectivity index (χ4n) is 4.00. The number of carbonyl (C=O) groups excluding carboxylic acids is 1. The molecule has 6 rings (SSSR count). The first-order valence-electron chi connectivity index (χ1n) is 10.8. The van der Waals surface area contributed by atoms with Gasteiger partial charge in [0.25, 0.3) is 0 Å². The van der Waals surface area contributed by atoms with E-state index in [2.05, 4.69) is 41.5 Å². The highest BCUT2D eigenvalue weighted by atomic mass is 16.3. The molecule has 3 N–H and O–H groups in total. The molecule has 0 aliphatic heterocycles. The molecule has 0 spiro atoms. The lowest BCUT2D eigenvalue weighted by atomic mass is 10.1. The minimum atomic E-state index is -0.0671. The Morgan fingerprint density at radius 2 is 1.91 bits per heavy atom. The molecule has 6 aromatic rings. The summed E-state index contributed by atoms with van der Waals surface area (Å²) in [7, 11) is 0. The van der Waals surface area contributed by atoms with E-state index >= 15 is 0 Å². The first-order valence-corrected chi connectivity index (χ1v) is 10.8. The summed E-state index contributed by atoms with van der Waals surface area (Å²) in [4.78, 5) is 28.4. The van der Waals surface area contributed by atoms with Crippen LogP contribution in [0.2, 0.25) is 0 Å². The lowest BCUT2D eigenvalue weighted by molar-refractivity contribution is -0.115. The highest BCUT2D eigenvalue weighted by Crippen LogP contribution is 2.34. The van der Waals surface area contributed by atoms with E-state index in [0.29, 0.717) is 12.1 Å². The van der Waals surface area contributed by atoms with Gasteiger partial charge in [0.2, 0.25) is 5.91 Å². The Morgan fingerprint density at radius 1 is 1.00 bits per heavy atom. The fraction of sp³-hybridized carbons (Fsp3) is 0.0800. The minimum Gasteiger partial charge on any atom is -0.472 e. The molecule has 6 heterocycles. The number of carbonyl (C=O) groups is 1. The van der Waals surface area contributed by atoms with Crippen molar-refractivity contribution < 1.29 is 9.21 Å². The van der Waals surface area contributed by atoms with Crippen molar-refractivity contribution in [2.24, 2.45) is 0 Å². The van der Waals surface area contributed by atoms with Crippen molar-refractivity contribution in [1.29, 1.82) is 0 Å². The van der Waals surface area contributed by atoms with E-state index in [9.17, 15) is 4.79 Å². The highest BCUT2D eigenvalue weighted by molar-refractivity contribution is 6.01. The molecule has 0 saturated carbocycles. The van der Waals surface area contributed by atoms with E-state index in [4.69, 9.17) is 4.42 Å². The molecule has 0 bridgehead atoms. The number of nitrogens with zero attached hydrogens (tertiary/aromatic N) is 4. The molecule has 1 amide bonds. The third-order valence-corrected chi connectivity index (χ3v) is 5.72. The fourth-order valence-corrected chi connectivity index (χ4v) is 4.00. The molecule has 0 fully saturated rings. The van der Waals surface area contributed by atoms with Crippen molar-refractivity contribution in [3.05, 3.63) is 67.8 Å². The quantitative estimate of drug-likeness (QED) is 0.333. The van der Waals surface area contributed by atoms with E-state index in [-0.39, 0.29) is 5.91 Å². The van der Waals surface area contributed by atoms with Gasteiger partial charge in [0.1, 0.15) is 5.69 Å². The third-order valence-electron chi connectivity index (χ3n) is 5.72. The van der Waals surface area contributed by atoms with Gasteiger partial charge in [0.15, 0.2) is 0 Å². The molecule has 0 saturated heterocycles. The number of rotatable bonds is 5. The first-order chi connectivity index (χ1) is 16.7. The summed E-state index contributed by atoms with van der Waals surface area (Å²) in [5.74, 6) is -0.0671. The number of amides is 1. The molecule has 9 heteroatoms. The highest BCUT2D eigenvalue weighted by Gasteiger charge is 2.15. The summed E-state index contributed by atoms with van der Waals surface area (Å²) >= 11 is 0. The number of hydrogen-bond donors (Lipinski definition) is 3. The van der Waals surface area contributed by atoms with Gasteiger partial charge in [-0.2, -0.15) is 5.10 Å². The summed E-state index contributed by atoms with van der Waals surface area (Å²) in [5, 5.41) is 12.4. The number of nitrogens with one attached hydrogen (secondary N) is 3. The average Bonchev–Trinajstić information content (AvgIpc) is 3.62. The average molecular weight is 449 g/mol. The zero-order valence-corrected chi connectivity index (χ0v) is 18.2. The van der Waals surface area contributed by atoms with Crippen LogP contribution in [0, 0.1) is 0 Å². The van der Waals surface area contributed by atoms with Gasteiger partial charge >= 0.3 is 0 Å².